The van der Waals surface area contributed by atoms with Gasteiger partial charge in [-0.3, -0.25) is 4.79 Å². The number of rotatable bonds is 8. The minimum absolute atomic E-state index is 0.0976. The standard InChI is InChI=1S/C23H21N3O4S/c1-17(19-7-3-2-4-8-19)26-31(28,29)22-12-10-21(11-13-22)30-16-23(27)25-20-9-5-6-18(14-20)15-24/h2-14,17,26H,16H2,1H3,(H,25,27)/t17-/m0/s1. The molecule has 3 rings (SSSR count). The van der Waals surface area contributed by atoms with Gasteiger partial charge in [-0.1, -0.05) is 36.4 Å². The van der Waals surface area contributed by atoms with Crippen LogP contribution in [0.5, 0.6) is 5.75 Å². The summed E-state index contributed by atoms with van der Waals surface area (Å²) in [5.74, 6) is -0.0406. The van der Waals surface area contributed by atoms with Gasteiger partial charge in [-0.25, -0.2) is 13.1 Å². The zero-order chi connectivity index (χ0) is 22.3. The Hall–Kier alpha value is -3.67. The third kappa shape index (κ3) is 6.15. The molecule has 0 aliphatic carbocycles. The van der Waals surface area contributed by atoms with Gasteiger partial charge in [-0.15, -0.1) is 0 Å². The predicted octanol–water partition coefficient (Wildman–Crippen LogP) is 3.62. The van der Waals surface area contributed by atoms with Crippen molar-refractivity contribution in [2.24, 2.45) is 0 Å². The molecule has 0 fully saturated rings. The van der Waals surface area contributed by atoms with Crippen LogP contribution >= 0.6 is 0 Å². The van der Waals surface area contributed by atoms with Crippen LogP contribution < -0.4 is 14.8 Å². The zero-order valence-corrected chi connectivity index (χ0v) is 17.6. The smallest absolute Gasteiger partial charge is 0.262 e. The maximum atomic E-state index is 12.6. The average molecular weight is 436 g/mol. The van der Waals surface area contributed by atoms with E-state index in [4.69, 9.17) is 10.00 Å². The molecule has 0 aromatic heterocycles. The van der Waals surface area contributed by atoms with Crippen LogP contribution in [0, 0.1) is 11.3 Å². The molecular formula is C23H21N3O4S. The average Bonchev–Trinajstić information content (AvgIpc) is 2.78. The molecule has 0 saturated carbocycles. The lowest BCUT2D eigenvalue weighted by molar-refractivity contribution is -0.118. The number of nitriles is 1. The molecule has 0 spiro atoms. The zero-order valence-electron chi connectivity index (χ0n) is 16.8. The van der Waals surface area contributed by atoms with Gasteiger partial charge in [0.15, 0.2) is 6.61 Å². The SMILES string of the molecule is C[C@H](NS(=O)(=O)c1ccc(OCC(=O)Nc2cccc(C#N)c2)cc1)c1ccccc1. The summed E-state index contributed by atoms with van der Waals surface area (Å²) in [6.07, 6.45) is 0. The fraction of sp³-hybridized carbons (Fsp3) is 0.130. The molecule has 0 heterocycles. The van der Waals surface area contributed by atoms with Crippen molar-refractivity contribution in [3.05, 3.63) is 90.0 Å². The highest BCUT2D eigenvalue weighted by atomic mass is 32.2. The van der Waals surface area contributed by atoms with Crippen molar-refractivity contribution >= 4 is 21.6 Å². The van der Waals surface area contributed by atoms with Crippen molar-refractivity contribution < 1.29 is 17.9 Å². The third-order valence-electron chi connectivity index (χ3n) is 4.41. The van der Waals surface area contributed by atoms with E-state index < -0.39 is 15.9 Å². The number of hydrogen-bond donors (Lipinski definition) is 2. The molecule has 7 nitrogen and oxygen atoms in total. The predicted molar refractivity (Wildman–Crippen MR) is 117 cm³/mol. The molecule has 0 radical (unpaired) electrons. The molecular weight excluding hydrogens is 414 g/mol. The van der Waals surface area contributed by atoms with E-state index >= 15 is 0 Å². The number of amides is 1. The van der Waals surface area contributed by atoms with Gasteiger partial charge in [-0.05, 0) is 55.0 Å². The van der Waals surface area contributed by atoms with Gasteiger partial charge in [0.1, 0.15) is 5.75 Å². The summed E-state index contributed by atoms with van der Waals surface area (Å²) < 4.78 is 33.3. The van der Waals surface area contributed by atoms with Gasteiger partial charge >= 0.3 is 0 Å². The number of hydrogen-bond acceptors (Lipinski definition) is 5. The Kier molecular flexibility index (Phi) is 7.03. The Labute approximate surface area is 181 Å². The summed E-state index contributed by atoms with van der Waals surface area (Å²) in [5, 5.41) is 11.5. The van der Waals surface area contributed by atoms with E-state index in [1.165, 1.54) is 24.3 Å². The molecule has 3 aromatic carbocycles. The third-order valence-corrected chi connectivity index (χ3v) is 5.97. The fourth-order valence-corrected chi connectivity index (χ4v) is 4.07. The first-order chi connectivity index (χ1) is 14.9. The number of carbonyl (C=O) groups excluding carboxylic acids is 1. The molecule has 3 aromatic rings. The van der Waals surface area contributed by atoms with Gasteiger partial charge in [0.25, 0.3) is 5.91 Å². The molecule has 158 valence electrons. The summed E-state index contributed by atoms with van der Waals surface area (Å²) >= 11 is 0. The Morgan fingerprint density at radius 1 is 1.03 bits per heavy atom. The lowest BCUT2D eigenvalue weighted by Gasteiger charge is -2.15. The van der Waals surface area contributed by atoms with Crippen molar-refractivity contribution in [1.29, 1.82) is 5.26 Å². The summed E-state index contributed by atoms with van der Waals surface area (Å²) in [4.78, 5) is 12.1. The van der Waals surface area contributed by atoms with Crippen LogP contribution in [0.25, 0.3) is 0 Å². The topological polar surface area (TPSA) is 108 Å². The molecule has 0 saturated heterocycles. The first kappa shape index (κ1) is 22.0. The lowest BCUT2D eigenvalue weighted by Crippen LogP contribution is -2.26. The monoisotopic (exact) mass is 435 g/mol. The normalized spacial score (nSPS) is 11.9. The van der Waals surface area contributed by atoms with Crippen LogP contribution in [0.15, 0.2) is 83.8 Å². The van der Waals surface area contributed by atoms with Crippen LogP contribution in [-0.2, 0) is 14.8 Å². The van der Waals surface area contributed by atoms with Crippen molar-refractivity contribution in [2.75, 3.05) is 11.9 Å². The molecule has 31 heavy (non-hydrogen) atoms. The first-order valence-corrected chi connectivity index (χ1v) is 11.0. The number of nitrogens with one attached hydrogen (secondary N) is 2. The lowest BCUT2D eigenvalue weighted by atomic mass is 10.1. The molecule has 0 aliphatic heterocycles. The first-order valence-electron chi connectivity index (χ1n) is 9.47. The van der Waals surface area contributed by atoms with Gasteiger partial charge in [0.05, 0.1) is 16.5 Å². The summed E-state index contributed by atoms with van der Waals surface area (Å²) in [6.45, 7) is 1.52. The van der Waals surface area contributed by atoms with E-state index in [2.05, 4.69) is 10.0 Å². The fourth-order valence-electron chi connectivity index (χ4n) is 2.84. The Balaban J connectivity index is 1.57. The van der Waals surface area contributed by atoms with E-state index in [1.807, 2.05) is 36.4 Å². The Bertz CT molecular complexity index is 1190. The largest absolute Gasteiger partial charge is 0.484 e. The number of anilines is 1. The van der Waals surface area contributed by atoms with Crippen molar-refractivity contribution in [2.45, 2.75) is 17.9 Å². The minimum atomic E-state index is -3.71. The van der Waals surface area contributed by atoms with Crippen molar-refractivity contribution in [3.63, 3.8) is 0 Å². The quantitative estimate of drug-likeness (QED) is 0.562. The molecule has 2 N–H and O–H groups in total. The van der Waals surface area contributed by atoms with Crippen LogP contribution in [0.3, 0.4) is 0 Å². The van der Waals surface area contributed by atoms with Gasteiger partial charge in [0.2, 0.25) is 10.0 Å². The van der Waals surface area contributed by atoms with Crippen molar-refractivity contribution in [3.8, 4) is 11.8 Å². The second-order valence-electron chi connectivity index (χ2n) is 6.75. The van der Waals surface area contributed by atoms with Crippen LogP contribution in [0.4, 0.5) is 5.69 Å². The van der Waals surface area contributed by atoms with E-state index in [0.717, 1.165) is 5.56 Å². The summed E-state index contributed by atoms with van der Waals surface area (Å²) in [7, 11) is -3.71. The number of benzene rings is 3. The number of carbonyl (C=O) groups is 1. The van der Waals surface area contributed by atoms with Gasteiger partial charge in [-0.2, -0.15) is 5.26 Å². The number of nitrogens with zero attached hydrogens (tertiary/aromatic N) is 1. The van der Waals surface area contributed by atoms with Crippen LogP contribution in [0.2, 0.25) is 0 Å². The molecule has 0 aliphatic rings. The van der Waals surface area contributed by atoms with E-state index in [0.29, 0.717) is 17.0 Å². The molecule has 8 heteroatoms. The number of sulfonamides is 1. The van der Waals surface area contributed by atoms with E-state index in [9.17, 15) is 13.2 Å². The Morgan fingerprint density at radius 3 is 2.42 bits per heavy atom. The van der Waals surface area contributed by atoms with Crippen LogP contribution in [-0.4, -0.2) is 20.9 Å². The van der Waals surface area contributed by atoms with Gasteiger partial charge < -0.3 is 10.1 Å². The minimum Gasteiger partial charge on any atom is -0.484 e. The summed E-state index contributed by atoms with van der Waals surface area (Å²) in [5.41, 5.74) is 1.79. The molecule has 0 unspecified atom stereocenters. The molecule has 1 atom stereocenters. The Morgan fingerprint density at radius 2 is 1.74 bits per heavy atom. The second-order valence-corrected chi connectivity index (χ2v) is 8.47. The highest BCUT2D eigenvalue weighted by molar-refractivity contribution is 7.89. The maximum absolute atomic E-state index is 12.6. The second kappa shape index (κ2) is 9.89. The van der Waals surface area contributed by atoms with E-state index in [-0.39, 0.29) is 17.5 Å². The number of ether oxygens (including phenoxy) is 1. The molecule has 0 bridgehead atoms. The van der Waals surface area contributed by atoms with Crippen molar-refractivity contribution in [1.82, 2.24) is 4.72 Å². The van der Waals surface area contributed by atoms with Gasteiger partial charge in [0, 0.05) is 11.7 Å². The van der Waals surface area contributed by atoms with E-state index in [1.54, 1.807) is 31.2 Å². The van der Waals surface area contributed by atoms with Crippen LogP contribution in [0.1, 0.15) is 24.1 Å². The molecule has 1 amide bonds. The maximum Gasteiger partial charge on any atom is 0.262 e. The summed E-state index contributed by atoms with van der Waals surface area (Å²) in [6, 6.07) is 23.2. The highest BCUT2D eigenvalue weighted by Crippen LogP contribution is 2.19. The highest BCUT2D eigenvalue weighted by Gasteiger charge is 2.18.